The molecule has 0 saturated carbocycles. The van der Waals surface area contributed by atoms with Gasteiger partial charge in [-0.05, 0) is 104 Å². The lowest BCUT2D eigenvalue weighted by atomic mass is 10.00. The van der Waals surface area contributed by atoms with Crippen molar-refractivity contribution < 1.29 is 0 Å². The van der Waals surface area contributed by atoms with Crippen LogP contribution in [-0.4, -0.2) is 0 Å². The third-order valence-corrected chi connectivity index (χ3v) is 12.9. The summed E-state index contributed by atoms with van der Waals surface area (Å²) in [7, 11) is 0. The van der Waals surface area contributed by atoms with E-state index in [1.165, 1.54) is 84.1 Å². The van der Waals surface area contributed by atoms with E-state index >= 15 is 0 Å². The van der Waals surface area contributed by atoms with E-state index in [1.807, 2.05) is 22.7 Å². The highest BCUT2D eigenvalue weighted by molar-refractivity contribution is 7.26. The van der Waals surface area contributed by atoms with Crippen molar-refractivity contribution in [2.75, 3.05) is 4.90 Å². The minimum absolute atomic E-state index is 1.13. The van der Waals surface area contributed by atoms with E-state index in [1.54, 1.807) is 0 Å². The third-order valence-electron chi connectivity index (χ3n) is 10.7. The number of benzene rings is 9. The van der Waals surface area contributed by atoms with E-state index in [-0.39, 0.29) is 0 Å². The summed E-state index contributed by atoms with van der Waals surface area (Å²) < 4.78 is 5.26. The quantitative estimate of drug-likeness (QED) is 0.172. The maximum Gasteiger partial charge on any atom is 0.0468 e. The van der Waals surface area contributed by atoms with Gasteiger partial charge in [0, 0.05) is 57.4 Å². The van der Waals surface area contributed by atoms with Crippen molar-refractivity contribution in [3.8, 4) is 22.3 Å². The fraction of sp³-hybridized carbons (Fsp3) is 0. The molecule has 0 aliphatic rings. The van der Waals surface area contributed by atoms with Crippen LogP contribution in [0.4, 0.5) is 17.1 Å². The Labute approximate surface area is 315 Å². The molecule has 53 heavy (non-hydrogen) atoms. The van der Waals surface area contributed by atoms with Crippen LogP contribution >= 0.6 is 22.7 Å². The monoisotopic (exact) mass is 709 g/mol. The average molecular weight is 710 g/mol. The van der Waals surface area contributed by atoms with E-state index in [2.05, 4.69) is 193 Å². The Kier molecular flexibility index (Phi) is 6.97. The number of hydrogen-bond acceptors (Lipinski definition) is 3. The molecular formula is C50H31NS2. The molecule has 0 bridgehead atoms. The van der Waals surface area contributed by atoms with Gasteiger partial charge in [0.1, 0.15) is 0 Å². The van der Waals surface area contributed by atoms with Crippen LogP contribution in [0, 0.1) is 0 Å². The van der Waals surface area contributed by atoms with Crippen LogP contribution in [0.5, 0.6) is 0 Å². The fourth-order valence-electron chi connectivity index (χ4n) is 8.08. The molecule has 11 rings (SSSR count). The first kappa shape index (κ1) is 30.4. The molecule has 0 saturated heterocycles. The van der Waals surface area contributed by atoms with Gasteiger partial charge in [0.25, 0.3) is 0 Å². The average Bonchev–Trinajstić information content (AvgIpc) is 3.80. The van der Waals surface area contributed by atoms with Crippen molar-refractivity contribution in [2.45, 2.75) is 0 Å². The Morgan fingerprint density at radius 1 is 0.283 bits per heavy atom. The van der Waals surface area contributed by atoms with Gasteiger partial charge in [0.2, 0.25) is 0 Å². The van der Waals surface area contributed by atoms with E-state index in [4.69, 9.17) is 0 Å². The van der Waals surface area contributed by atoms with Crippen molar-refractivity contribution in [2.24, 2.45) is 0 Å². The molecular weight excluding hydrogens is 679 g/mol. The second-order valence-corrected chi connectivity index (χ2v) is 15.9. The molecule has 0 radical (unpaired) electrons. The maximum atomic E-state index is 2.43. The van der Waals surface area contributed by atoms with Crippen LogP contribution in [0.3, 0.4) is 0 Å². The predicted molar refractivity (Wildman–Crippen MR) is 233 cm³/mol. The SMILES string of the molecule is c1ccc(-c2ccc(-c3ccc(N(c4ccc5sc6ccc7ccccc7c6c5c4)c4ccc5sc6ccc7ccccc7c6c5c4)cc3)cc2)cc1. The molecule has 0 unspecified atom stereocenters. The zero-order valence-electron chi connectivity index (χ0n) is 28.7. The number of fused-ring (bicyclic) bond motifs is 10. The van der Waals surface area contributed by atoms with Gasteiger partial charge in [-0.15, -0.1) is 22.7 Å². The van der Waals surface area contributed by atoms with Crippen LogP contribution in [0.1, 0.15) is 0 Å². The largest absolute Gasteiger partial charge is 0.310 e. The third kappa shape index (κ3) is 5.04. The molecule has 2 heterocycles. The fourth-order valence-corrected chi connectivity index (χ4v) is 10.3. The van der Waals surface area contributed by atoms with E-state index < -0.39 is 0 Å². The first-order valence-electron chi connectivity index (χ1n) is 18.0. The molecule has 0 spiro atoms. The normalized spacial score (nSPS) is 11.8. The molecule has 2 aromatic heterocycles. The first-order chi connectivity index (χ1) is 26.2. The number of nitrogens with zero attached hydrogens (tertiary/aromatic N) is 1. The van der Waals surface area contributed by atoms with Crippen LogP contribution in [0.2, 0.25) is 0 Å². The molecule has 0 amide bonds. The van der Waals surface area contributed by atoms with Crippen molar-refractivity contribution >= 4 is 102 Å². The molecule has 0 aliphatic carbocycles. The van der Waals surface area contributed by atoms with Gasteiger partial charge in [-0.2, -0.15) is 0 Å². The maximum absolute atomic E-state index is 2.43. The molecule has 1 nitrogen and oxygen atoms in total. The molecule has 3 heteroatoms. The lowest BCUT2D eigenvalue weighted by Gasteiger charge is -2.26. The second-order valence-electron chi connectivity index (χ2n) is 13.7. The van der Waals surface area contributed by atoms with Crippen LogP contribution < -0.4 is 4.90 Å². The summed E-state index contributed by atoms with van der Waals surface area (Å²) >= 11 is 3.75. The highest BCUT2D eigenvalue weighted by atomic mass is 32.1. The van der Waals surface area contributed by atoms with Crippen molar-refractivity contribution in [1.82, 2.24) is 0 Å². The van der Waals surface area contributed by atoms with Crippen LogP contribution in [0.25, 0.3) is 84.1 Å². The first-order valence-corrected chi connectivity index (χ1v) is 19.6. The standard InChI is InChI=1S/C50H31NS2/c1-2-8-32(9-3-1)33-14-16-34(17-15-33)35-18-22-38(23-19-35)51(39-24-28-45-43(30-39)49-41-12-6-4-10-36(41)20-26-47(49)52-45)40-25-29-46-44(31-40)50-42-13-7-5-11-37(42)21-27-48(50)53-46/h1-31H. The minimum atomic E-state index is 1.13. The van der Waals surface area contributed by atoms with Crippen molar-refractivity contribution in [1.29, 1.82) is 0 Å². The van der Waals surface area contributed by atoms with Gasteiger partial charge in [-0.1, -0.05) is 127 Å². The van der Waals surface area contributed by atoms with Gasteiger partial charge < -0.3 is 4.90 Å². The minimum Gasteiger partial charge on any atom is -0.310 e. The summed E-state index contributed by atoms with van der Waals surface area (Å²) in [5, 5.41) is 10.4. The number of rotatable bonds is 5. The summed E-state index contributed by atoms with van der Waals surface area (Å²) in [4.78, 5) is 2.43. The van der Waals surface area contributed by atoms with Gasteiger partial charge in [0.15, 0.2) is 0 Å². The summed E-state index contributed by atoms with van der Waals surface area (Å²) in [5.41, 5.74) is 8.29. The topological polar surface area (TPSA) is 3.24 Å². The Hall–Kier alpha value is -6.26. The molecule has 0 fully saturated rings. The Morgan fingerprint density at radius 2 is 0.679 bits per heavy atom. The molecule has 0 atom stereocenters. The smallest absolute Gasteiger partial charge is 0.0468 e. The summed E-state index contributed by atoms with van der Waals surface area (Å²) in [5.74, 6) is 0. The number of anilines is 3. The molecule has 11 aromatic rings. The highest BCUT2D eigenvalue weighted by Gasteiger charge is 2.18. The van der Waals surface area contributed by atoms with Gasteiger partial charge in [-0.25, -0.2) is 0 Å². The molecule has 9 aromatic carbocycles. The highest BCUT2D eigenvalue weighted by Crippen LogP contribution is 2.45. The van der Waals surface area contributed by atoms with Crippen LogP contribution in [-0.2, 0) is 0 Å². The molecule has 0 N–H and O–H groups in total. The van der Waals surface area contributed by atoms with Gasteiger partial charge >= 0.3 is 0 Å². The Bertz CT molecular complexity index is 3000. The van der Waals surface area contributed by atoms with E-state index in [9.17, 15) is 0 Å². The Morgan fingerprint density at radius 3 is 1.19 bits per heavy atom. The van der Waals surface area contributed by atoms with Gasteiger partial charge in [0.05, 0.1) is 0 Å². The second kappa shape index (κ2) is 12.2. The summed E-state index contributed by atoms with van der Waals surface area (Å²) in [6.45, 7) is 0. The molecule has 248 valence electrons. The molecule has 0 aliphatic heterocycles. The predicted octanol–water partition coefficient (Wildman–Crippen LogP) is 15.5. The van der Waals surface area contributed by atoms with Crippen molar-refractivity contribution in [3.05, 3.63) is 188 Å². The lowest BCUT2D eigenvalue weighted by molar-refractivity contribution is 1.30. The van der Waals surface area contributed by atoms with E-state index in [0.717, 1.165) is 17.1 Å². The van der Waals surface area contributed by atoms with Crippen LogP contribution in [0.15, 0.2) is 188 Å². The zero-order chi connectivity index (χ0) is 34.9. The zero-order valence-corrected chi connectivity index (χ0v) is 30.3. The summed E-state index contributed by atoms with van der Waals surface area (Å²) in [6.07, 6.45) is 0. The van der Waals surface area contributed by atoms with Crippen molar-refractivity contribution in [3.63, 3.8) is 0 Å². The van der Waals surface area contributed by atoms with E-state index in [0.29, 0.717) is 0 Å². The Balaban J connectivity index is 1.09. The number of hydrogen-bond donors (Lipinski definition) is 0. The number of thiophene rings is 2. The lowest BCUT2D eigenvalue weighted by Crippen LogP contribution is -2.09. The van der Waals surface area contributed by atoms with Gasteiger partial charge in [-0.3, -0.25) is 0 Å². The summed E-state index contributed by atoms with van der Waals surface area (Å²) in [6, 6.07) is 69.2.